The van der Waals surface area contributed by atoms with E-state index in [9.17, 15) is 9.59 Å². The summed E-state index contributed by atoms with van der Waals surface area (Å²) in [6.07, 6.45) is 1.15. The number of allylic oxidation sites excluding steroid dienone is 1. The summed E-state index contributed by atoms with van der Waals surface area (Å²) in [5, 5.41) is 8.73. The van der Waals surface area contributed by atoms with Gasteiger partial charge >= 0.3 is 11.7 Å². The fraction of sp³-hybridized carbons (Fsp3) is 0.231. The number of imidazole rings is 1. The molecule has 1 N–H and O–H groups in total. The van der Waals surface area contributed by atoms with Gasteiger partial charge in [0.25, 0.3) is 0 Å². The van der Waals surface area contributed by atoms with Crippen LogP contribution in [0.15, 0.2) is 29.1 Å². The number of carboxylic acid groups (broad SMARTS) is 1. The molecule has 18 heavy (non-hydrogen) atoms. The molecule has 1 heterocycles. The largest absolute Gasteiger partial charge is 0.478 e. The maximum atomic E-state index is 11.8. The molecule has 1 aromatic carbocycles. The summed E-state index contributed by atoms with van der Waals surface area (Å²) in [4.78, 5) is 22.4. The lowest BCUT2D eigenvalue weighted by atomic mass is 10.1. The number of aryl methyl sites for hydroxylation is 2. The Kier molecular flexibility index (Phi) is 2.82. The summed E-state index contributed by atoms with van der Waals surface area (Å²) in [6.45, 7) is 1.73. The molecule has 0 atom stereocenters. The van der Waals surface area contributed by atoms with E-state index in [0.29, 0.717) is 5.57 Å². The predicted molar refractivity (Wildman–Crippen MR) is 69.4 cm³/mol. The molecule has 0 spiro atoms. The SMILES string of the molecule is C/C(=C\C(=O)O)c1ccc2c(c1)n(C)c(=O)n2C. The van der Waals surface area contributed by atoms with Crippen molar-refractivity contribution in [1.82, 2.24) is 9.13 Å². The Bertz CT molecular complexity index is 720. The first kappa shape index (κ1) is 12.2. The molecule has 2 aromatic rings. The normalized spacial score (nSPS) is 12.1. The van der Waals surface area contributed by atoms with Crippen LogP contribution in [0, 0.1) is 0 Å². The maximum Gasteiger partial charge on any atom is 0.328 e. The molecule has 2 rings (SSSR count). The number of benzene rings is 1. The first-order valence-electron chi connectivity index (χ1n) is 5.49. The van der Waals surface area contributed by atoms with Crippen molar-refractivity contribution in [2.24, 2.45) is 14.1 Å². The Balaban J connectivity index is 2.68. The smallest absolute Gasteiger partial charge is 0.328 e. The van der Waals surface area contributed by atoms with Crippen LogP contribution in [0.25, 0.3) is 16.6 Å². The summed E-state index contributed by atoms with van der Waals surface area (Å²) in [6, 6.07) is 5.47. The van der Waals surface area contributed by atoms with Gasteiger partial charge in [0.2, 0.25) is 0 Å². The number of hydrogen-bond donors (Lipinski definition) is 1. The third kappa shape index (κ3) is 1.84. The second kappa shape index (κ2) is 4.18. The molecule has 94 valence electrons. The molecule has 1 aromatic heterocycles. The van der Waals surface area contributed by atoms with Gasteiger partial charge in [0.15, 0.2) is 0 Å². The molecule has 0 bridgehead atoms. The summed E-state index contributed by atoms with van der Waals surface area (Å²) < 4.78 is 3.11. The van der Waals surface area contributed by atoms with Gasteiger partial charge in [-0.25, -0.2) is 9.59 Å². The van der Waals surface area contributed by atoms with Crippen molar-refractivity contribution >= 4 is 22.6 Å². The van der Waals surface area contributed by atoms with Gasteiger partial charge in [-0.2, -0.15) is 0 Å². The van der Waals surface area contributed by atoms with Crippen LogP contribution in [-0.4, -0.2) is 20.2 Å². The summed E-state index contributed by atoms with van der Waals surface area (Å²) in [5.74, 6) is -0.977. The van der Waals surface area contributed by atoms with Crippen LogP contribution in [0.3, 0.4) is 0 Å². The quantitative estimate of drug-likeness (QED) is 0.814. The molecule has 0 saturated carbocycles. The lowest BCUT2D eigenvalue weighted by Gasteiger charge is -2.02. The third-order valence-electron chi connectivity index (χ3n) is 3.07. The number of nitrogens with zero attached hydrogens (tertiary/aromatic N) is 2. The molecule has 5 heteroatoms. The molecule has 5 nitrogen and oxygen atoms in total. The van der Waals surface area contributed by atoms with Gasteiger partial charge in [-0.05, 0) is 30.2 Å². The number of fused-ring (bicyclic) bond motifs is 1. The fourth-order valence-corrected chi connectivity index (χ4v) is 2.02. The highest BCUT2D eigenvalue weighted by atomic mass is 16.4. The van der Waals surface area contributed by atoms with Crippen molar-refractivity contribution in [2.45, 2.75) is 6.92 Å². The van der Waals surface area contributed by atoms with Gasteiger partial charge in [-0.3, -0.25) is 9.13 Å². The minimum atomic E-state index is -0.977. The Morgan fingerprint density at radius 2 is 1.83 bits per heavy atom. The first-order valence-corrected chi connectivity index (χ1v) is 5.49. The lowest BCUT2D eigenvalue weighted by molar-refractivity contribution is -0.131. The number of aromatic nitrogens is 2. The van der Waals surface area contributed by atoms with E-state index in [0.717, 1.165) is 22.7 Å². The Hall–Kier alpha value is -2.30. The standard InChI is InChI=1S/C13H14N2O3/c1-8(6-12(16)17)9-4-5-10-11(7-9)15(3)13(18)14(10)2/h4-7H,1-3H3,(H,16,17)/b8-6+. The molecule has 0 aliphatic heterocycles. The van der Waals surface area contributed by atoms with Gasteiger partial charge in [-0.1, -0.05) is 6.07 Å². The molecule has 0 fully saturated rings. The third-order valence-corrected chi connectivity index (χ3v) is 3.07. The van der Waals surface area contributed by atoms with Crippen LogP contribution in [0.5, 0.6) is 0 Å². The minimum Gasteiger partial charge on any atom is -0.478 e. The van der Waals surface area contributed by atoms with E-state index in [-0.39, 0.29) is 5.69 Å². The summed E-state index contributed by atoms with van der Waals surface area (Å²) in [7, 11) is 3.41. The van der Waals surface area contributed by atoms with Crippen molar-refractivity contribution in [3.8, 4) is 0 Å². The molecule has 0 unspecified atom stereocenters. The maximum absolute atomic E-state index is 11.8. The van der Waals surface area contributed by atoms with E-state index in [1.165, 1.54) is 0 Å². The Labute approximate surface area is 104 Å². The zero-order valence-electron chi connectivity index (χ0n) is 10.5. The Morgan fingerprint density at radius 1 is 1.22 bits per heavy atom. The Morgan fingerprint density at radius 3 is 2.44 bits per heavy atom. The average molecular weight is 246 g/mol. The molecular formula is C13H14N2O3. The topological polar surface area (TPSA) is 64.2 Å². The molecule has 0 aliphatic carbocycles. The minimum absolute atomic E-state index is 0.0954. The van der Waals surface area contributed by atoms with Crippen molar-refractivity contribution in [1.29, 1.82) is 0 Å². The van der Waals surface area contributed by atoms with Crippen LogP contribution < -0.4 is 5.69 Å². The highest BCUT2D eigenvalue weighted by Gasteiger charge is 2.08. The van der Waals surface area contributed by atoms with Crippen LogP contribution in [0.4, 0.5) is 0 Å². The monoisotopic (exact) mass is 246 g/mol. The van der Waals surface area contributed by atoms with Crippen LogP contribution in [0.2, 0.25) is 0 Å². The van der Waals surface area contributed by atoms with Gasteiger partial charge in [0.05, 0.1) is 11.0 Å². The van der Waals surface area contributed by atoms with Crippen molar-refractivity contribution < 1.29 is 9.90 Å². The average Bonchev–Trinajstić information content (AvgIpc) is 2.53. The van der Waals surface area contributed by atoms with Gasteiger partial charge < -0.3 is 5.11 Å². The van der Waals surface area contributed by atoms with Crippen molar-refractivity contribution in [3.63, 3.8) is 0 Å². The van der Waals surface area contributed by atoms with Gasteiger partial charge in [0, 0.05) is 20.2 Å². The second-order valence-corrected chi connectivity index (χ2v) is 4.27. The van der Waals surface area contributed by atoms with E-state index in [4.69, 9.17) is 5.11 Å². The molecule has 0 radical (unpaired) electrons. The highest BCUT2D eigenvalue weighted by molar-refractivity contribution is 5.91. The first-order chi connectivity index (χ1) is 8.41. The number of aliphatic carboxylic acids is 1. The lowest BCUT2D eigenvalue weighted by Crippen LogP contribution is -2.19. The number of carbonyl (C=O) groups is 1. The van der Waals surface area contributed by atoms with E-state index in [1.807, 2.05) is 18.2 Å². The molecule has 0 aliphatic rings. The number of carboxylic acids is 1. The number of rotatable bonds is 2. The fourth-order valence-electron chi connectivity index (χ4n) is 2.02. The highest BCUT2D eigenvalue weighted by Crippen LogP contribution is 2.19. The predicted octanol–water partition coefficient (Wildman–Crippen LogP) is 1.36. The zero-order chi connectivity index (χ0) is 13.4. The van der Waals surface area contributed by atoms with Crippen LogP contribution in [-0.2, 0) is 18.9 Å². The van der Waals surface area contributed by atoms with E-state index < -0.39 is 5.97 Å². The van der Waals surface area contributed by atoms with Gasteiger partial charge in [0.1, 0.15) is 0 Å². The number of hydrogen-bond acceptors (Lipinski definition) is 2. The summed E-state index contributed by atoms with van der Waals surface area (Å²) >= 11 is 0. The zero-order valence-corrected chi connectivity index (χ0v) is 10.5. The van der Waals surface area contributed by atoms with Crippen molar-refractivity contribution in [3.05, 3.63) is 40.3 Å². The van der Waals surface area contributed by atoms with E-state index >= 15 is 0 Å². The summed E-state index contributed by atoms with van der Waals surface area (Å²) in [5.41, 5.74) is 2.97. The van der Waals surface area contributed by atoms with Gasteiger partial charge in [-0.15, -0.1) is 0 Å². The molecular weight excluding hydrogens is 232 g/mol. The van der Waals surface area contributed by atoms with E-state index in [1.54, 1.807) is 30.2 Å². The van der Waals surface area contributed by atoms with Crippen LogP contribution >= 0.6 is 0 Å². The molecule has 0 saturated heterocycles. The molecule has 0 amide bonds. The van der Waals surface area contributed by atoms with Crippen molar-refractivity contribution in [2.75, 3.05) is 0 Å². The van der Waals surface area contributed by atoms with E-state index in [2.05, 4.69) is 0 Å². The second-order valence-electron chi connectivity index (χ2n) is 4.27. The van der Waals surface area contributed by atoms with Crippen LogP contribution in [0.1, 0.15) is 12.5 Å².